The first-order valence-electron chi connectivity index (χ1n) is 5.22. The minimum atomic E-state index is 0.996. The quantitative estimate of drug-likeness (QED) is 0.566. The van der Waals surface area contributed by atoms with Crippen molar-refractivity contribution in [3.05, 3.63) is 0 Å². The van der Waals surface area contributed by atoms with Gasteiger partial charge < -0.3 is 0 Å². The zero-order valence-corrected chi connectivity index (χ0v) is 8.27. The molecule has 0 heterocycles. The van der Waals surface area contributed by atoms with E-state index in [4.69, 9.17) is 0 Å². The molecule has 1 aliphatic carbocycles. The van der Waals surface area contributed by atoms with Crippen molar-refractivity contribution in [3.8, 4) is 0 Å². The van der Waals surface area contributed by atoms with Crippen LogP contribution in [0.5, 0.6) is 0 Å². The van der Waals surface area contributed by atoms with Crippen LogP contribution in [-0.2, 0) is 0 Å². The van der Waals surface area contributed by atoms with Crippen LogP contribution in [0.2, 0.25) is 0 Å². The fourth-order valence-corrected chi connectivity index (χ4v) is 2.76. The average molecular weight is 154 g/mol. The van der Waals surface area contributed by atoms with Crippen LogP contribution in [-0.4, -0.2) is 0 Å². The standard InChI is InChI=1S/C11H22/c1-4-5-11-7-9(2)6-10(3)8-11/h9-11H,4-8H2,1-3H3. The van der Waals surface area contributed by atoms with Crippen LogP contribution in [0.25, 0.3) is 0 Å². The van der Waals surface area contributed by atoms with E-state index in [1.54, 1.807) is 0 Å². The lowest BCUT2D eigenvalue weighted by Crippen LogP contribution is -2.19. The SMILES string of the molecule is CCCC1CC(C)CC(C)C1. The van der Waals surface area contributed by atoms with Crippen LogP contribution >= 0.6 is 0 Å². The molecule has 0 spiro atoms. The number of rotatable bonds is 2. The lowest BCUT2D eigenvalue weighted by molar-refractivity contribution is 0.209. The third-order valence-corrected chi connectivity index (χ3v) is 2.97. The molecule has 1 rings (SSSR count). The van der Waals surface area contributed by atoms with Gasteiger partial charge in [0, 0.05) is 0 Å². The maximum atomic E-state index is 2.42. The van der Waals surface area contributed by atoms with Crippen LogP contribution in [0.15, 0.2) is 0 Å². The monoisotopic (exact) mass is 154 g/mol. The van der Waals surface area contributed by atoms with Crippen LogP contribution in [0.1, 0.15) is 52.9 Å². The van der Waals surface area contributed by atoms with Crippen molar-refractivity contribution in [2.24, 2.45) is 17.8 Å². The molecule has 0 aliphatic heterocycles. The minimum absolute atomic E-state index is 0.996. The van der Waals surface area contributed by atoms with E-state index < -0.39 is 0 Å². The fraction of sp³-hybridized carbons (Fsp3) is 1.00. The van der Waals surface area contributed by atoms with E-state index >= 15 is 0 Å². The lowest BCUT2D eigenvalue weighted by atomic mass is 9.75. The zero-order valence-electron chi connectivity index (χ0n) is 8.27. The minimum Gasteiger partial charge on any atom is -0.0654 e. The van der Waals surface area contributed by atoms with Gasteiger partial charge >= 0.3 is 0 Å². The maximum absolute atomic E-state index is 2.42. The first kappa shape index (κ1) is 9.09. The summed E-state index contributed by atoms with van der Waals surface area (Å²) in [5.74, 6) is 3.05. The van der Waals surface area contributed by atoms with Crippen molar-refractivity contribution in [3.63, 3.8) is 0 Å². The molecule has 0 bridgehead atoms. The van der Waals surface area contributed by atoms with Crippen molar-refractivity contribution in [1.82, 2.24) is 0 Å². The third-order valence-electron chi connectivity index (χ3n) is 2.97. The molecular formula is C11H22. The van der Waals surface area contributed by atoms with E-state index in [-0.39, 0.29) is 0 Å². The van der Waals surface area contributed by atoms with E-state index in [0.29, 0.717) is 0 Å². The van der Waals surface area contributed by atoms with Gasteiger partial charge in [-0.1, -0.05) is 33.6 Å². The molecule has 2 atom stereocenters. The average Bonchev–Trinajstić information content (AvgIpc) is 1.85. The first-order valence-corrected chi connectivity index (χ1v) is 5.22. The molecule has 66 valence electrons. The second kappa shape index (κ2) is 4.13. The van der Waals surface area contributed by atoms with Gasteiger partial charge in [0.15, 0.2) is 0 Å². The molecule has 0 nitrogen and oxygen atoms in total. The van der Waals surface area contributed by atoms with Gasteiger partial charge in [0.25, 0.3) is 0 Å². The van der Waals surface area contributed by atoms with Gasteiger partial charge in [-0.3, -0.25) is 0 Å². The molecule has 0 radical (unpaired) electrons. The zero-order chi connectivity index (χ0) is 8.27. The topological polar surface area (TPSA) is 0 Å². The largest absolute Gasteiger partial charge is 0.0654 e. The van der Waals surface area contributed by atoms with Crippen molar-refractivity contribution in [2.75, 3.05) is 0 Å². The Morgan fingerprint density at radius 1 is 1.00 bits per heavy atom. The van der Waals surface area contributed by atoms with Gasteiger partial charge in [0.05, 0.1) is 0 Å². The summed E-state index contributed by atoms with van der Waals surface area (Å²) >= 11 is 0. The molecule has 0 amide bonds. The summed E-state index contributed by atoms with van der Waals surface area (Å²) in [6, 6.07) is 0. The molecule has 0 aromatic rings. The van der Waals surface area contributed by atoms with Crippen LogP contribution in [0.3, 0.4) is 0 Å². The van der Waals surface area contributed by atoms with Crippen LogP contribution < -0.4 is 0 Å². The highest BCUT2D eigenvalue weighted by molar-refractivity contribution is 4.74. The molecule has 0 saturated heterocycles. The van der Waals surface area contributed by atoms with Gasteiger partial charge in [-0.25, -0.2) is 0 Å². The highest BCUT2D eigenvalue weighted by Gasteiger charge is 2.22. The Kier molecular flexibility index (Phi) is 3.42. The van der Waals surface area contributed by atoms with Crippen molar-refractivity contribution < 1.29 is 0 Å². The molecule has 1 saturated carbocycles. The van der Waals surface area contributed by atoms with Gasteiger partial charge in [-0.2, -0.15) is 0 Å². The predicted octanol–water partition coefficient (Wildman–Crippen LogP) is 3.86. The smallest absolute Gasteiger partial charge is 0.0409 e. The molecule has 11 heavy (non-hydrogen) atoms. The molecule has 1 aliphatic rings. The Morgan fingerprint density at radius 3 is 2.00 bits per heavy atom. The van der Waals surface area contributed by atoms with Gasteiger partial charge in [-0.05, 0) is 37.0 Å². The molecule has 1 fully saturated rings. The summed E-state index contributed by atoms with van der Waals surface area (Å²) in [6.07, 6.45) is 7.31. The predicted molar refractivity (Wildman–Crippen MR) is 50.6 cm³/mol. The van der Waals surface area contributed by atoms with E-state index in [1.807, 2.05) is 0 Å². The highest BCUT2D eigenvalue weighted by atomic mass is 14.3. The Labute approximate surface area is 71.4 Å². The normalized spacial score (nSPS) is 39.0. The highest BCUT2D eigenvalue weighted by Crippen LogP contribution is 2.34. The summed E-state index contributed by atoms with van der Waals surface area (Å²) in [4.78, 5) is 0. The molecule has 0 heteroatoms. The third kappa shape index (κ3) is 2.84. The number of hydrogen-bond donors (Lipinski definition) is 0. The summed E-state index contributed by atoms with van der Waals surface area (Å²) in [6.45, 7) is 7.14. The maximum Gasteiger partial charge on any atom is -0.0409 e. The fourth-order valence-electron chi connectivity index (χ4n) is 2.76. The van der Waals surface area contributed by atoms with E-state index in [9.17, 15) is 0 Å². The van der Waals surface area contributed by atoms with Crippen LogP contribution in [0.4, 0.5) is 0 Å². The van der Waals surface area contributed by atoms with E-state index in [2.05, 4.69) is 20.8 Å². The second-order valence-electron chi connectivity index (χ2n) is 4.57. The van der Waals surface area contributed by atoms with Crippen molar-refractivity contribution in [2.45, 2.75) is 52.9 Å². The summed E-state index contributed by atoms with van der Waals surface area (Å²) in [7, 11) is 0. The summed E-state index contributed by atoms with van der Waals surface area (Å²) in [5.41, 5.74) is 0. The second-order valence-corrected chi connectivity index (χ2v) is 4.57. The molecule has 0 aromatic carbocycles. The Hall–Kier alpha value is 0. The summed E-state index contributed by atoms with van der Waals surface area (Å²) in [5, 5.41) is 0. The Morgan fingerprint density at radius 2 is 1.55 bits per heavy atom. The molecule has 0 aromatic heterocycles. The number of hydrogen-bond acceptors (Lipinski definition) is 0. The van der Waals surface area contributed by atoms with E-state index in [1.165, 1.54) is 32.1 Å². The first-order chi connectivity index (χ1) is 5.22. The van der Waals surface area contributed by atoms with Crippen LogP contribution in [0, 0.1) is 17.8 Å². The van der Waals surface area contributed by atoms with E-state index in [0.717, 1.165) is 17.8 Å². The summed E-state index contributed by atoms with van der Waals surface area (Å²) < 4.78 is 0. The van der Waals surface area contributed by atoms with Crippen molar-refractivity contribution >= 4 is 0 Å². The Bertz CT molecular complexity index is 96.6. The molecule has 2 unspecified atom stereocenters. The molecular weight excluding hydrogens is 132 g/mol. The van der Waals surface area contributed by atoms with Gasteiger partial charge in [0.2, 0.25) is 0 Å². The lowest BCUT2D eigenvalue weighted by Gasteiger charge is -2.31. The Balaban J connectivity index is 2.30. The van der Waals surface area contributed by atoms with Crippen molar-refractivity contribution in [1.29, 1.82) is 0 Å². The van der Waals surface area contributed by atoms with Gasteiger partial charge in [0.1, 0.15) is 0 Å². The van der Waals surface area contributed by atoms with Gasteiger partial charge in [-0.15, -0.1) is 0 Å². The molecule has 0 N–H and O–H groups in total.